The van der Waals surface area contributed by atoms with Crippen LogP contribution in [0.5, 0.6) is 5.75 Å². The van der Waals surface area contributed by atoms with E-state index >= 15 is 0 Å². The Morgan fingerprint density at radius 1 is 1.53 bits per heavy atom. The van der Waals surface area contributed by atoms with Crippen molar-refractivity contribution < 1.29 is 9.53 Å². The van der Waals surface area contributed by atoms with Gasteiger partial charge >= 0.3 is 0 Å². The highest BCUT2D eigenvalue weighted by Crippen LogP contribution is 2.21. The van der Waals surface area contributed by atoms with E-state index in [0.717, 1.165) is 0 Å². The van der Waals surface area contributed by atoms with Gasteiger partial charge in [-0.15, -0.1) is 24.8 Å². The molecule has 17 heavy (non-hydrogen) atoms. The minimum atomic E-state index is -0.0771. The zero-order valence-electron chi connectivity index (χ0n) is 9.51. The number of nitrogens with two attached hydrogens (primary N) is 1. The first-order valence-corrected chi connectivity index (χ1v) is 4.76. The number of carbonyl (C=O) groups excluding carboxylic acids is 1. The fourth-order valence-electron chi connectivity index (χ4n) is 1.13. The van der Waals surface area contributed by atoms with Crippen LogP contribution in [0.15, 0.2) is 18.5 Å². The molecule has 0 saturated carbocycles. The summed E-state index contributed by atoms with van der Waals surface area (Å²) in [5, 5.41) is 2.71. The normalized spacial score (nSPS) is 8.59. The van der Waals surface area contributed by atoms with Gasteiger partial charge in [-0.25, -0.2) is 0 Å². The number of aromatic nitrogens is 1. The Morgan fingerprint density at radius 2 is 2.24 bits per heavy atom. The van der Waals surface area contributed by atoms with E-state index in [9.17, 15) is 4.79 Å². The van der Waals surface area contributed by atoms with Gasteiger partial charge in [-0.1, -0.05) is 0 Å². The molecule has 0 fully saturated rings. The lowest BCUT2D eigenvalue weighted by atomic mass is 10.3. The van der Waals surface area contributed by atoms with Gasteiger partial charge in [-0.05, 0) is 13.0 Å². The third kappa shape index (κ3) is 6.31. The molecule has 0 saturated heterocycles. The molecule has 7 heteroatoms. The largest absolute Gasteiger partial charge is 0.494 e. The molecular weight excluding hydrogens is 265 g/mol. The number of ether oxygens (including phenoxy) is 1. The van der Waals surface area contributed by atoms with Crippen molar-refractivity contribution in [3.63, 3.8) is 0 Å². The number of hydrogen-bond donors (Lipinski definition) is 2. The Morgan fingerprint density at radius 3 is 2.82 bits per heavy atom. The monoisotopic (exact) mass is 281 g/mol. The predicted octanol–water partition coefficient (Wildman–Crippen LogP) is 1.61. The van der Waals surface area contributed by atoms with E-state index in [-0.39, 0.29) is 30.7 Å². The quantitative estimate of drug-likeness (QED) is 0.860. The number of rotatable bonds is 5. The number of nitrogens with zero attached hydrogens (tertiary/aromatic N) is 1. The van der Waals surface area contributed by atoms with E-state index in [1.54, 1.807) is 25.6 Å². The number of anilines is 1. The van der Waals surface area contributed by atoms with Gasteiger partial charge in [0.15, 0.2) is 0 Å². The van der Waals surface area contributed by atoms with E-state index in [4.69, 9.17) is 10.5 Å². The van der Waals surface area contributed by atoms with Gasteiger partial charge < -0.3 is 15.8 Å². The van der Waals surface area contributed by atoms with Crippen LogP contribution in [0, 0.1) is 0 Å². The second kappa shape index (κ2) is 10.1. The van der Waals surface area contributed by atoms with Crippen molar-refractivity contribution in [2.45, 2.75) is 12.8 Å². The van der Waals surface area contributed by atoms with Gasteiger partial charge in [-0.2, -0.15) is 0 Å². The Kier molecular flexibility index (Phi) is 10.9. The number of nitrogens with one attached hydrogen (secondary N) is 1. The van der Waals surface area contributed by atoms with Gasteiger partial charge in [0.1, 0.15) is 11.4 Å². The molecule has 0 radical (unpaired) electrons. The van der Waals surface area contributed by atoms with Gasteiger partial charge in [0.2, 0.25) is 5.91 Å². The Balaban J connectivity index is 0. The molecule has 0 spiro atoms. The zero-order chi connectivity index (χ0) is 11.1. The van der Waals surface area contributed by atoms with E-state index in [2.05, 4.69) is 10.3 Å². The molecule has 1 heterocycles. The third-order valence-electron chi connectivity index (χ3n) is 1.88. The lowest BCUT2D eigenvalue weighted by molar-refractivity contribution is -0.116. The highest BCUT2D eigenvalue weighted by molar-refractivity contribution is 5.91. The maximum atomic E-state index is 11.4. The Labute approximate surface area is 113 Å². The highest BCUT2D eigenvalue weighted by atomic mass is 35.5. The molecule has 0 aliphatic heterocycles. The number of hydrogen-bond acceptors (Lipinski definition) is 4. The smallest absolute Gasteiger partial charge is 0.224 e. The summed E-state index contributed by atoms with van der Waals surface area (Å²) in [4.78, 5) is 15.3. The maximum absolute atomic E-state index is 11.4. The molecule has 5 nitrogen and oxygen atoms in total. The first-order chi connectivity index (χ1) is 7.27. The Bertz CT molecular complexity index is 337. The summed E-state index contributed by atoms with van der Waals surface area (Å²) < 4.78 is 5.07. The molecular formula is C10H17Cl2N3O2. The number of amides is 1. The summed E-state index contributed by atoms with van der Waals surface area (Å²) in [5.74, 6) is 0.526. The van der Waals surface area contributed by atoms with Gasteiger partial charge in [0.25, 0.3) is 0 Å². The fraction of sp³-hybridized carbons (Fsp3) is 0.400. The zero-order valence-corrected chi connectivity index (χ0v) is 11.1. The second-order valence-corrected chi connectivity index (χ2v) is 3.02. The SMILES string of the molecule is COc1ccncc1NC(=O)CCCN.Cl.Cl. The first-order valence-electron chi connectivity index (χ1n) is 4.76. The molecule has 98 valence electrons. The van der Waals surface area contributed by atoms with Crippen LogP contribution in [-0.2, 0) is 4.79 Å². The minimum Gasteiger partial charge on any atom is -0.494 e. The number of methoxy groups -OCH3 is 1. The molecule has 0 aromatic carbocycles. The minimum absolute atomic E-state index is 0. The van der Waals surface area contributed by atoms with Crippen molar-refractivity contribution in [3.8, 4) is 5.75 Å². The van der Waals surface area contributed by atoms with Crippen LogP contribution in [0.3, 0.4) is 0 Å². The van der Waals surface area contributed by atoms with Crippen LogP contribution in [0.1, 0.15) is 12.8 Å². The molecule has 3 N–H and O–H groups in total. The topological polar surface area (TPSA) is 77.2 Å². The fourth-order valence-corrected chi connectivity index (χ4v) is 1.13. The first kappa shape index (κ1) is 18.3. The molecule has 0 bridgehead atoms. The van der Waals surface area contributed by atoms with Gasteiger partial charge in [0.05, 0.1) is 13.3 Å². The van der Waals surface area contributed by atoms with E-state index < -0.39 is 0 Å². The van der Waals surface area contributed by atoms with Gasteiger partial charge in [-0.3, -0.25) is 9.78 Å². The summed E-state index contributed by atoms with van der Waals surface area (Å²) in [7, 11) is 1.55. The lowest BCUT2D eigenvalue weighted by Crippen LogP contribution is -2.14. The maximum Gasteiger partial charge on any atom is 0.224 e. The molecule has 0 unspecified atom stereocenters. The number of halogens is 2. The third-order valence-corrected chi connectivity index (χ3v) is 1.88. The van der Waals surface area contributed by atoms with Crippen LogP contribution in [-0.4, -0.2) is 24.5 Å². The summed E-state index contributed by atoms with van der Waals surface area (Å²) in [5.41, 5.74) is 5.89. The molecule has 1 amide bonds. The summed E-state index contributed by atoms with van der Waals surface area (Å²) >= 11 is 0. The van der Waals surface area contributed by atoms with E-state index in [0.29, 0.717) is 30.8 Å². The molecule has 1 aromatic heterocycles. The summed E-state index contributed by atoms with van der Waals surface area (Å²) in [6.07, 6.45) is 4.25. The highest BCUT2D eigenvalue weighted by Gasteiger charge is 2.06. The number of pyridine rings is 1. The van der Waals surface area contributed by atoms with Crippen molar-refractivity contribution in [2.24, 2.45) is 5.73 Å². The van der Waals surface area contributed by atoms with Crippen molar-refractivity contribution in [2.75, 3.05) is 19.0 Å². The van der Waals surface area contributed by atoms with E-state index in [1.165, 1.54) is 0 Å². The second-order valence-electron chi connectivity index (χ2n) is 3.02. The van der Waals surface area contributed by atoms with Crippen molar-refractivity contribution >= 4 is 36.4 Å². The number of carbonyl (C=O) groups is 1. The molecule has 1 aromatic rings. The van der Waals surface area contributed by atoms with Crippen molar-refractivity contribution in [1.29, 1.82) is 0 Å². The predicted molar refractivity (Wildman–Crippen MR) is 72.2 cm³/mol. The standard InChI is InChI=1S/C10H15N3O2.2ClH/c1-15-9-4-6-12-7-8(9)13-10(14)3-2-5-11;;/h4,6-7H,2-3,5,11H2,1H3,(H,13,14);2*1H. The van der Waals surface area contributed by atoms with Crippen LogP contribution in [0.25, 0.3) is 0 Å². The van der Waals surface area contributed by atoms with E-state index in [1.807, 2.05) is 0 Å². The average molecular weight is 282 g/mol. The molecule has 0 aliphatic rings. The lowest BCUT2D eigenvalue weighted by Gasteiger charge is -2.08. The van der Waals surface area contributed by atoms with Crippen LogP contribution < -0.4 is 15.8 Å². The van der Waals surface area contributed by atoms with Crippen molar-refractivity contribution in [1.82, 2.24) is 4.98 Å². The van der Waals surface area contributed by atoms with Crippen LogP contribution in [0.2, 0.25) is 0 Å². The van der Waals surface area contributed by atoms with Crippen LogP contribution >= 0.6 is 24.8 Å². The van der Waals surface area contributed by atoms with Crippen LogP contribution in [0.4, 0.5) is 5.69 Å². The molecule has 1 rings (SSSR count). The summed E-state index contributed by atoms with van der Waals surface area (Å²) in [6.45, 7) is 0.512. The average Bonchev–Trinajstić information content (AvgIpc) is 2.27. The molecule has 0 aliphatic carbocycles. The summed E-state index contributed by atoms with van der Waals surface area (Å²) in [6, 6.07) is 1.69. The van der Waals surface area contributed by atoms with Gasteiger partial charge in [0, 0.05) is 18.7 Å². The van der Waals surface area contributed by atoms with Crippen molar-refractivity contribution in [3.05, 3.63) is 18.5 Å². The molecule has 0 atom stereocenters. The Hall–Kier alpha value is -1.04.